The van der Waals surface area contributed by atoms with Crippen LogP contribution >= 0.6 is 11.3 Å². The third-order valence-electron chi connectivity index (χ3n) is 4.23. The number of para-hydroxylation sites is 2. The molecule has 3 rings (SSSR count). The molecule has 28 heavy (non-hydrogen) atoms. The second kappa shape index (κ2) is 10.2. The van der Waals surface area contributed by atoms with Gasteiger partial charge in [-0.05, 0) is 40.6 Å². The van der Waals surface area contributed by atoms with Crippen LogP contribution in [-0.2, 0) is 19.0 Å². The molecule has 0 fully saturated rings. The summed E-state index contributed by atoms with van der Waals surface area (Å²) < 4.78 is 16.7. The van der Waals surface area contributed by atoms with Crippen molar-refractivity contribution in [3.05, 3.63) is 58.5 Å². The maximum atomic E-state index is 12.7. The zero-order valence-corrected chi connectivity index (χ0v) is 16.2. The number of ether oxygens (including phenoxy) is 3. The topological polar surface area (TPSA) is 103 Å². The van der Waals surface area contributed by atoms with Crippen molar-refractivity contribution in [3.8, 4) is 0 Å². The van der Waals surface area contributed by atoms with Gasteiger partial charge in [0.25, 0.3) is 5.91 Å². The number of anilines is 2. The van der Waals surface area contributed by atoms with Crippen molar-refractivity contribution >= 4 is 28.6 Å². The molecule has 2 heterocycles. The van der Waals surface area contributed by atoms with Crippen molar-refractivity contribution in [2.24, 2.45) is 0 Å². The lowest BCUT2D eigenvalue weighted by atomic mass is 9.95. The Morgan fingerprint density at radius 2 is 2.14 bits per heavy atom. The van der Waals surface area contributed by atoms with Gasteiger partial charge in [0.1, 0.15) is 0 Å². The molecule has 1 aromatic heterocycles. The maximum Gasteiger partial charge on any atom is 0.290 e. The summed E-state index contributed by atoms with van der Waals surface area (Å²) in [6.07, 6.45) is 1.85. The van der Waals surface area contributed by atoms with Gasteiger partial charge >= 0.3 is 0 Å². The third kappa shape index (κ3) is 5.56. The molecule has 4 N–H and O–H groups in total. The summed E-state index contributed by atoms with van der Waals surface area (Å²) in [5.41, 5.74) is 8.03. The minimum Gasteiger partial charge on any atom is -0.459 e. The van der Waals surface area contributed by atoms with Crippen molar-refractivity contribution in [2.45, 2.75) is 18.6 Å². The molecule has 0 spiro atoms. The van der Waals surface area contributed by atoms with E-state index in [2.05, 4.69) is 10.7 Å². The van der Waals surface area contributed by atoms with Crippen LogP contribution in [0.1, 0.15) is 17.9 Å². The van der Waals surface area contributed by atoms with Crippen LogP contribution in [0.3, 0.4) is 0 Å². The van der Waals surface area contributed by atoms with E-state index in [0.717, 1.165) is 5.56 Å². The van der Waals surface area contributed by atoms with Crippen molar-refractivity contribution in [2.75, 3.05) is 37.5 Å². The molecule has 0 radical (unpaired) electrons. The number of nitrogens with one attached hydrogen (secondary N) is 1. The fraction of sp³-hybridized carbons (Fsp3) is 0.350. The Labute approximate surface area is 167 Å². The first-order valence-electron chi connectivity index (χ1n) is 9.04. The Morgan fingerprint density at radius 1 is 1.29 bits per heavy atom. The molecule has 2 atom stereocenters. The van der Waals surface area contributed by atoms with E-state index >= 15 is 0 Å². The van der Waals surface area contributed by atoms with Crippen LogP contribution in [-0.4, -0.2) is 43.7 Å². The van der Waals surface area contributed by atoms with Crippen molar-refractivity contribution in [3.63, 3.8) is 0 Å². The summed E-state index contributed by atoms with van der Waals surface area (Å²) in [6, 6.07) is 9.09. The first-order valence-corrected chi connectivity index (χ1v) is 9.98. The lowest BCUT2D eigenvalue weighted by Crippen LogP contribution is -2.30. The van der Waals surface area contributed by atoms with Crippen molar-refractivity contribution in [1.29, 1.82) is 0 Å². The molecule has 0 aliphatic carbocycles. The number of nitrogens with two attached hydrogens (primary N) is 1. The Hall–Kier alpha value is -2.39. The number of carbonyl (C=O) groups excluding carboxylic acids is 1. The first kappa shape index (κ1) is 20.3. The maximum absolute atomic E-state index is 12.7. The van der Waals surface area contributed by atoms with E-state index in [0.29, 0.717) is 31.0 Å². The highest BCUT2D eigenvalue weighted by Gasteiger charge is 2.29. The van der Waals surface area contributed by atoms with Gasteiger partial charge in [0, 0.05) is 12.3 Å². The summed E-state index contributed by atoms with van der Waals surface area (Å²) in [7, 11) is 0. The van der Waals surface area contributed by atoms with Crippen LogP contribution in [0.5, 0.6) is 0 Å². The number of hydrogen-bond acceptors (Lipinski definition) is 7. The molecule has 0 bridgehead atoms. The highest BCUT2D eigenvalue weighted by molar-refractivity contribution is 7.08. The number of benzene rings is 1. The summed E-state index contributed by atoms with van der Waals surface area (Å²) in [5, 5.41) is 15.6. The zero-order chi connectivity index (χ0) is 19.8. The van der Waals surface area contributed by atoms with E-state index in [4.69, 9.17) is 25.1 Å². The van der Waals surface area contributed by atoms with Crippen LogP contribution in [0.4, 0.5) is 11.4 Å². The van der Waals surface area contributed by atoms with Gasteiger partial charge in [0.15, 0.2) is 5.76 Å². The molecule has 0 saturated heterocycles. The molecular formula is C20H24N2O5S. The summed E-state index contributed by atoms with van der Waals surface area (Å²) >= 11 is 1.60. The fourth-order valence-corrected chi connectivity index (χ4v) is 3.56. The van der Waals surface area contributed by atoms with Gasteiger partial charge in [-0.2, -0.15) is 11.3 Å². The average Bonchev–Trinajstić information content (AvgIpc) is 3.24. The molecule has 0 saturated carbocycles. The van der Waals surface area contributed by atoms with E-state index in [1.54, 1.807) is 35.6 Å². The largest absolute Gasteiger partial charge is 0.459 e. The zero-order valence-electron chi connectivity index (χ0n) is 15.4. The molecule has 1 aliphatic rings. The average molecular weight is 404 g/mol. The summed E-state index contributed by atoms with van der Waals surface area (Å²) in [4.78, 5) is 12.7. The molecule has 1 aliphatic heterocycles. The highest BCUT2D eigenvalue weighted by Crippen LogP contribution is 2.33. The van der Waals surface area contributed by atoms with Gasteiger partial charge in [-0.15, -0.1) is 0 Å². The lowest BCUT2D eigenvalue weighted by Gasteiger charge is -2.29. The SMILES string of the molecule is Nc1ccccc1NC(=O)C1=C[C@H](c2ccsc2)C[C@H](OCCOCCO)O1. The van der Waals surface area contributed by atoms with Gasteiger partial charge in [-0.3, -0.25) is 4.79 Å². The second-order valence-electron chi connectivity index (χ2n) is 6.23. The van der Waals surface area contributed by atoms with Gasteiger partial charge in [0.05, 0.1) is 37.8 Å². The highest BCUT2D eigenvalue weighted by atomic mass is 32.1. The van der Waals surface area contributed by atoms with E-state index in [1.807, 2.05) is 17.5 Å². The van der Waals surface area contributed by atoms with Crippen LogP contribution < -0.4 is 11.1 Å². The molecule has 2 aromatic rings. The number of carbonyl (C=O) groups is 1. The molecule has 1 aromatic carbocycles. The Kier molecular flexibility index (Phi) is 7.44. The summed E-state index contributed by atoms with van der Waals surface area (Å²) in [6.45, 7) is 0.880. The van der Waals surface area contributed by atoms with Gasteiger partial charge in [0.2, 0.25) is 6.29 Å². The minimum absolute atomic E-state index is 0.0113. The molecule has 1 amide bonds. The molecular weight excluding hydrogens is 380 g/mol. The van der Waals surface area contributed by atoms with Gasteiger partial charge < -0.3 is 30.4 Å². The van der Waals surface area contributed by atoms with Crippen LogP contribution in [0, 0.1) is 0 Å². The number of hydrogen-bond donors (Lipinski definition) is 3. The van der Waals surface area contributed by atoms with E-state index in [1.165, 1.54) is 0 Å². The number of allylic oxidation sites excluding steroid dienone is 1. The smallest absolute Gasteiger partial charge is 0.290 e. The lowest BCUT2D eigenvalue weighted by molar-refractivity contribution is -0.148. The number of aliphatic hydroxyl groups is 1. The predicted molar refractivity (Wildman–Crippen MR) is 108 cm³/mol. The molecule has 8 heteroatoms. The van der Waals surface area contributed by atoms with Crippen molar-refractivity contribution in [1.82, 2.24) is 0 Å². The van der Waals surface area contributed by atoms with E-state index < -0.39 is 6.29 Å². The monoisotopic (exact) mass is 404 g/mol. The normalized spacial score (nSPS) is 19.0. The fourth-order valence-electron chi connectivity index (χ4n) is 2.84. The summed E-state index contributed by atoms with van der Waals surface area (Å²) in [5.74, 6) is -0.160. The molecule has 150 valence electrons. The second-order valence-corrected chi connectivity index (χ2v) is 7.01. The minimum atomic E-state index is -0.568. The predicted octanol–water partition coefficient (Wildman–Crippen LogP) is 2.71. The molecule has 0 unspecified atom stereocenters. The van der Waals surface area contributed by atoms with Gasteiger partial charge in [-0.1, -0.05) is 12.1 Å². The number of rotatable bonds is 9. The number of amides is 1. The first-order chi connectivity index (χ1) is 13.7. The number of aliphatic hydroxyl groups excluding tert-OH is 1. The standard InChI is InChI=1S/C20H24N2O5S/c21-16-3-1-2-4-17(16)22-20(24)18-11-15(14-5-10-28-13-14)12-19(27-18)26-9-8-25-7-6-23/h1-5,10-11,13,15,19,23H,6-9,12,21H2,(H,22,24)/t15-,19+/m0/s1. The van der Waals surface area contributed by atoms with Crippen LogP contribution in [0.15, 0.2) is 52.9 Å². The van der Waals surface area contributed by atoms with E-state index in [9.17, 15) is 4.79 Å². The van der Waals surface area contributed by atoms with Crippen LogP contribution in [0.2, 0.25) is 0 Å². The van der Waals surface area contributed by atoms with Crippen LogP contribution in [0.25, 0.3) is 0 Å². The molecule has 7 nitrogen and oxygen atoms in total. The number of thiophene rings is 1. The Morgan fingerprint density at radius 3 is 2.89 bits per heavy atom. The Bertz CT molecular complexity index is 794. The van der Waals surface area contributed by atoms with E-state index in [-0.39, 0.29) is 30.8 Å². The van der Waals surface area contributed by atoms with Crippen molar-refractivity contribution < 1.29 is 24.1 Å². The van der Waals surface area contributed by atoms with Gasteiger partial charge in [-0.25, -0.2) is 0 Å². The quantitative estimate of drug-likeness (QED) is 0.439. The number of nitrogen functional groups attached to an aromatic ring is 1. The third-order valence-corrected chi connectivity index (χ3v) is 4.93. The Balaban J connectivity index is 1.68.